The predicted octanol–water partition coefficient (Wildman–Crippen LogP) is 1.18. The van der Waals surface area contributed by atoms with E-state index in [0.717, 1.165) is 30.1 Å². The Hall–Kier alpha value is -0.950. The van der Waals surface area contributed by atoms with Crippen molar-refractivity contribution in [1.82, 2.24) is 9.62 Å². The van der Waals surface area contributed by atoms with E-state index in [1.54, 1.807) is 17.5 Å². The molecule has 1 aromatic heterocycles. The quantitative estimate of drug-likeness (QED) is 0.498. The Morgan fingerprint density at radius 2 is 1.72 bits per heavy atom. The Kier molecular flexibility index (Phi) is 10.2. The zero-order chi connectivity index (χ0) is 21.1. The molecule has 2 aromatic rings. The molecular formula is C20H29Cl2N3O5S2. The average Bonchev–Trinajstić information content (AvgIpc) is 3.42. The Balaban J connectivity index is 0.00000181. The first kappa shape index (κ1) is 27.3. The number of benzene rings is 1. The second-order valence-electron chi connectivity index (χ2n) is 7.52. The van der Waals surface area contributed by atoms with Crippen molar-refractivity contribution in [1.29, 1.82) is 0 Å². The molecule has 4 rings (SSSR count). The number of para-hydroxylation sites is 1. The number of thiophene rings is 1. The molecule has 4 atom stereocenters. The molecule has 0 amide bonds. The van der Waals surface area contributed by atoms with Crippen LogP contribution in [0.25, 0.3) is 0 Å². The number of nitrogens with zero attached hydrogens (tertiary/aromatic N) is 2. The minimum Gasteiger partial charge on any atom is -0.394 e. The fourth-order valence-corrected chi connectivity index (χ4v) is 6.28. The lowest BCUT2D eigenvalue weighted by Gasteiger charge is -2.41. The first-order chi connectivity index (χ1) is 14.5. The number of aliphatic hydroxyl groups is 2. The van der Waals surface area contributed by atoms with Crippen LogP contribution in [0.2, 0.25) is 0 Å². The first-order valence-electron chi connectivity index (χ1n) is 10.0. The van der Waals surface area contributed by atoms with Crippen molar-refractivity contribution < 1.29 is 23.4 Å². The van der Waals surface area contributed by atoms with E-state index in [4.69, 9.17) is 4.74 Å². The summed E-state index contributed by atoms with van der Waals surface area (Å²) in [5.41, 5.74) is 1.16. The zero-order valence-electron chi connectivity index (χ0n) is 17.3. The number of anilines is 1. The standard InChI is InChI=1S/C20H27N3O5S2.2ClH/c24-14-17-20(25)19(16(28-17)13-21-30(26,27)18-7-4-12-29-18)23-10-8-22(9-11-23)15-5-2-1-3-6-15;;/h1-7,12,16-17,19-21,24-25H,8-11,13-14H2;2*1H/t16-,17+,19+,20-;;/m1../s1. The molecule has 2 saturated heterocycles. The first-order valence-corrected chi connectivity index (χ1v) is 12.4. The lowest BCUT2D eigenvalue weighted by Crippen LogP contribution is -2.57. The van der Waals surface area contributed by atoms with Crippen LogP contribution in [0, 0.1) is 0 Å². The molecule has 0 spiro atoms. The molecule has 12 heteroatoms. The summed E-state index contributed by atoms with van der Waals surface area (Å²) in [6.07, 6.45) is -2.15. The number of aliphatic hydroxyl groups excluding tert-OH is 2. The Morgan fingerprint density at radius 3 is 2.31 bits per heavy atom. The van der Waals surface area contributed by atoms with E-state index >= 15 is 0 Å². The van der Waals surface area contributed by atoms with Crippen LogP contribution >= 0.6 is 36.2 Å². The lowest BCUT2D eigenvalue weighted by molar-refractivity contribution is -0.0201. The third-order valence-corrected chi connectivity index (χ3v) is 8.55. The van der Waals surface area contributed by atoms with Crippen molar-refractivity contribution >= 4 is 51.9 Å². The van der Waals surface area contributed by atoms with Gasteiger partial charge in [-0.25, -0.2) is 13.1 Å². The van der Waals surface area contributed by atoms with E-state index in [0.29, 0.717) is 13.1 Å². The van der Waals surface area contributed by atoms with E-state index in [-0.39, 0.29) is 48.2 Å². The molecule has 2 aliphatic heterocycles. The molecule has 0 aliphatic carbocycles. The molecule has 180 valence electrons. The molecule has 0 bridgehead atoms. The Morgan fingerprint density at radius 1 is 1.03 bits per heavy atom. The van der Waals surface area contributed by atoms with Gasteiger partial charge in [-0.05, 0) is 23.6 Å². The molecule has 3 N–H and O–H groups in total. The van der Waals surface area contributed by atoms with E-state index in [9.17, 15) is 18.6 Å². The van der Waals surface area contributed by atoms with Gasteiger partial charge in [0.05, 0.1) is 18.8 Å². The molecule has 2 fully saturated rings. The van der Waals surface area contributed by atoms with Crippen molar-refractivity contribution in [2.24, 2.45) is 0 Å². The second kappa shape index (κ2) is 12.0. The summed E-state index contributed by atoms with van der Waals surface area (Å²) in [5, 5.41) is 22.1. The number of ether oxygens (including phenoxy) is 1. The number of nitrogens with one attached hydrogen (secondary N) is 1. The normalized spacial score (nSPS) is 26.4. The van der Waals surface area contributed by atoms with E-state index in [2.05, 4.69) is 26.7 Å². The van der Waals surface area contributed by atoms with Crippen LogP contribution in [0.5, 0.6) is 0 Å². The highest BCUT2D eigenvalue weighted by molar-refractivity contribution is 7.91. The number of hydrogen-bond donors (Lipinski definition) is 3. The maximum absolute atomic E-state index is 12.5. The van der Waals surface area contributed by atoms with Gasteiger partial charge < -0.3 is 19.8 Å². The van der Waals surface area contributed by atoms with Gasteiger partial charge in [-0.2, -0.15) is 0 Å². The van der Waals surface area contributed by atoms with Gasteiger partial charge in [0.25, 0.3) is 0 Å². The summed E-state index contributed by atoms with van der Waals surface area (Å²) >= 11 is 1.15. The van der Waals surface area contributed by atoms with Gasteiger partial charge in [0.2, 0.25) is 10.0 Å². The van der Waals surface area contributed by atoms with Crippen LogP contribution in [0.15, 0.2) is 52.1 Å². The van der Waals surface area contributed by atoms with E-state index < -0.39 is 28.3 Å². The molecule has 2 aliphatic rings. The van der Waals surface area contributed by atoms with Crippen molar-refractivity contribution in [3.63, 3.8) is 0 Å². The fourth-order valence-electron chi connectivity index (χ4n) is 4.19. The smallest absolute Gasteiger partial charge is 0.250 e. The van der Waals surface area contributed by atoms with Gasteiger partial charge in [0.1, 0.15) is 16.4 Å². The van der Waals surface area contributed by atoms with Crippen LogP contribution in [-0.2, 0) is 14.8 Å². The molecule has 0 radical (unpaired) electrons. The highest BCUT2D eigenvalue weighted by Crippen LogP contribution is 2.28. The monoisotopic (exact) mass is 525 g/mol. The lowest BCUT2D eigenvalue weighted by atomic mass is 10.0. The molecule has 0 saturated carbocycles. The summed E-state index contributed by atoms with van der Waals surface area (Å²) < 4.78 is 33.6. The summed E-state index contributed by atoms with van der Waals surface area (Å²) in [6.45, 7) is 2.75. The molecule has 32 heavy (non-hydrogen) atoms. The van der Waals surface area contributed by atoms with Crippen molar-refractivity contribution in [3.8, 4) is 0 Å². The summed E-state index contributed by atoms with van der Waals surface area (Å²) in [6, 6.07) is 13.0. The highest BCUT2D eigenvalue weighted by atomic mass is 35.5. The molecule has 1 aromatic carbocycles. The fraction of sp³-hybridized carbons (Fsp3) is 0.500. The average molecular weight is 527 g/mol. The van der Waals surface area contributed by atoms with Gasteiger partial charge in [-0.15, -0.1) is 36.2 Å². The highest BCUT2D eigenvalue weighted by Gasteiger charge is 2.47. The van der Waals surface area contributed by atoms with Crippen LogP contribution in [-0.4, -0.2) is 87.2 Å². The van der Waals surface area contributed by atoms with Gasteiger partial charge >= 0.3 is 0 Å². The number of sulfonamides is 1. The van der Waals surface area contributed by atoms with E-state index in [1.807, 2.05) is 18.2 Å². The second-order valence-corrected chi connectivity index (χ2v) is 10.5. The zero-order valence-corrected chi connectivity index (χ0v) is 20.6. The van der Waals surface area contributed by atoms with Gasteiger partial charge in [0, 0.05) is 38.4 Å². The Labute approximate surface area is 205 Å². The number of hydrogen-bond acceptors (Lipinski definition) is 8. The minimum absolute atomic E-state index is 0. The predicted molar refractivity (Wildman–Crippen MR) is 130 cm³/mol. The van der Waals surface area contributed by atoms with Crippen molar-refractivity contribution in [3.05, 3.63) is 47.8 Å². The third-order valence-electron chi connectivity index (χ3n) is 5.73. The largest absolute Gasteiger partial charge is 0.394 e. The number of halogens is 2. The minimum atomic E-state index is -3.63. The van der Waals surface area contributed by atoms with Gasteiger partial charge in [-0.3, -0.25) is 4.90 Å². The van der Waals surface area contributed by atoms with Crippen LogP contribution in [0.1, 0.15) is 0 Å². The van der Waals surface area contributed by atoms with Crippen molar-refractivity contribution in [2.45, 2.75) is 28.6 Å². The SMILES string of the molecule is Cl.Cl.O=S(=O)(NC[C@H]1O[C@@H](CO)[C@@H](O)[C@H]1N1CCN(c2ccccc2)CC1)c1cccs1. The van der Waals surface area contributed by atoms with E-state index in [1.165, 1.54) is 0 Å². The Bertz CT molecular complexity index is 913. The van der Waals surface area contributed by atoms with Crippen LogP contribution in [0.4, 0.5) is 5.69 Å². The summed E-state index contributed by atoms with van der Waals surface area (Å²) in [5.74, 6) is 0. The van der Waals surface area contributed by atoms with Gasteiger partial charge in [-0.1, -0.05) is 24.3 Å². The molecule has 0 unspecified atom stereocenters. The number of rotatable bonds is 7. The van der Waals surface area contributed by atoms with Gasteiger partial charge in [0.15, 0.2) is 0 Å². The van der Waals surface area contributed by atoms with Crippen LogP contribution in [0.3, 0.4) is 0 Å². The summed E-state index contributed by atoms with van der Waals surface area (Å²) in [7, 11) is -3.63. The maximum atomic E-state index is 12.5. The maximum Gasteiger partial charge on any atom is 0.250 e. The molecule has 8 nitrogen and oxygen atoms in total. The van der Waals surface area contributed by atoms with Crippen molar-refractivity contribution in [2.75, 3.05) is 44.2 Å². The summed E-state index contributed by atoms with van der Waals surface area (Å²) in [4.78, 5) is 4.43. The molecular weight excluding hydrogens is 497 g/mol. The molecule has 3 heterocycles. The third kappa shape index (κ3) is 5.94. The van der Waals surface area contributed by atoms with Crippen LogP contribution < -0.4 is 9.62 Å². The number of piperazine rings is 1. The topological polar surface area (TPSA) is 102 Å².